The summed E-state index contributed by atoms with van der Waals surface area (Å²) in [5, 5.41) is 0. The van der Waals surface area contributed by atoms with Crippen molar-refractivity contribution in [3.05, 3.63) is 54.0 Å². The van der Waals surface area contributed by atoms with Crippen LogP contribution in [-0.4, -0.2) is 89.7 Å². The van der Waals surface area contributed by atoms with Crippen molar-refractivity contribution in [2.45, 2.75) is 95.1 Å². The minimum absolute atomic E-state index is 0.111. The molecule has 1 saturated heterocycles. The van der Waals surface area contributed by atoms with E-state index >= 15 is 0 Å². The van der Waals surface area contributed by atoms with E-state index < -0.39 is 0 Å². The van der Waals surface area contributed by atoms with Crippen molar-refractivity contribution in [3.63, 3.8) is 0 Å². The Balaban J connectivity index is 1.02. The number of likely N-dealkylation sites (N-methyl/N-ethyl adjacent to an activating group) is 1. The van der Waals surface area contributed by atoms with Crippen LogP contribution >= 0.6 is 0 Å². The van der Waals surface area contributed by atoms with Crippen LogP contribution in [0.5, 0.6) is 5.75 Å². The second kappa shape index (κ2) is 14.5. The maximum Gasteiger partial charge on any atom is 0.410 e. The van der Waals surface area contributed by atoms with Crippen LogP contribution in [0.1, 0.15) is 93.3 Å². The lowest BCUT2D eigenvalue weighted by atomic mass is 9.79. The van der Waals surface area contributed by atoms with Crippen LogP contribution in [0.4, 0.5) is 10.6 Å². The van der Waals surface area contributed by atoms with Gasteiger partial charge in [0.1, 0.15) is 29.6 Å². The van der Waals surface area contributed by atoms with Gasteiger partial charge in [0.05, 0.1) is 12.8 Å². The van der Waals surface area contributed by atoms with Crippen LogP contribution in [0.15, 0.2) is 41.1 Å². The number of ether oxygens (including phenoxy) is 2. The molecule has 3 saturated carbocycles. The molecule has 0 spiro atoms. The van der Waals surface area contributed by atoms with Crippen molar-refractivity contribution >= 4 is 17.8 Å². The lowest BCUT2D eigenvalue weighted by Gasteiger charge is -2.42. The summed E-state index contributed by atoms with van der Waals surface area (Å²) in [4.78, 5) is 47.3. The van der Waals surface area contributed by atoms with Gasteiger partial charge in [-0.3, -0.25) is 14.7 Å². The molecule has 0 aromatic carbocycles. The quantitative estimate of drug-likeness (QED) is 0.236. The van der Waals surface area contributed by atoms with Crippen molar-refractivity contribution in [1.82, 2.24) is 24.8 Å². The van der Waals surface area contributed by atoms with Crippen LogP contribution in [0, 0.1) is 18.8 Å². The van der Waals surface area contributed by atoms with E-state index in [0.29, 0.717) is 74.9 Å². The molecule has 11 heteroatoms. The molecule has 4 aliphatic rings. The molecule has 1 aliphatic heterocycles. The average molecular weight is 671 g/mol. The summed E-state index contributed by atoms with van der Waals surface area (Å²) in [6.45, 7) is 4.03. The first kappa shape index (κ1) is 33.5. The minimum atomic E-state index is -0.233. The highest BCUT2D eigenvalue weighted by molar-refractivity contribution is 5.94. The van der Waals surface area contributed by atoms with Gasteiger partial charge < -0.3 is 23.7 Å². The Bertz CT molecular complexity index is 1620. The standard InChI is InChI=1S/C38H50N6O5/c1-24-34(47-4)16-15-32(40-24)26-7-5-25(6-8-26)20-44(35-19-29(17-18-39-35)33-23-48-36(41-33)27-9-10-27)37(45)28-11-13-31(14-12-28)49-38(46)43-21-30(22-43)42(2)3/h15-19,23,25-28,30-31H,5-14,20-22H2,1-4H3/t25-,26-,28-,31-. The Hall–Kier alpha value is -3.99. The molecule has 11 nitrogen and oxygen atoms in total. The van der Waals surface area contributed by atoms with E-state index in [0.717, 1.165) is 72.8 Å². The number of methoxy groups -OCH3 is 1. The SMILES string of the molecule is COc1ccc([C@H]2CC[C@H](CN(c3cc(-c4coc(C5CC5)n4)ccn3)C(=O)[C@H]3CC[C@H](OC(=O)N4CC(N(C)C)C4)CC3)CC2)nc1C. The zero-order chi connectivity index (χ0) is 34.1. The third-order valence-electron chi connectivity index (χ3n) is 11.2. The third-order valence-corrected chi connectivity index (χ3v) is 11.2. The summed E-state index contributed by atoms with van der Waals surface area (Å²) in [7, 11) is 5.75. The van der Waals surface area contributed by atoms with Gasteiger partial charge in [-0.05, 0) is 115 Å². The Labute approximate surface area is 289 Å². The Kier molecular flexibility index (Phi) is 9.89. The van der Waals surface area contributed by atoms with Gasteiger partial charge >= 0.3 is 6.09 Å². The maximum atomic E-state index is 14.4. The summed E-state index contributed by atoms with van der Waals surface area (Å²) in [5.41, 5.74) is 3.73. The number of carbonyl (C=O) groups excluding carboxylic acids is 2. The lowest BCUT2D eigenvalue weighted by molar-refractivity contribution is -0.124. The molecule has 262 valence electrons. The van der Waals surface area contributed by atoms with E-state index in [-0.39, 0.29) is 24.0 Å². The van der Waals surface area contributed by atoms with E-state index in [1.807, 2.05) is 44.1 Å². The van der Waals surface area contributed by atoms with Gasteiger partial charge in [0, 0.05) is 60.9 Å². The van der Waals surface area contributed by atoms with E-state index in [1.54, 1.807) is 24.5 Å². The molecule has 0 unspecified atom stereocenters. The van der Waals surface area contributed by atoms with Crippen LogP contribution in [0.2, 0.25) is 0 Å². The van der Waals surface area contributed by atoms with Crippen molar-refractivity contribution in [2.24, 2.45) is 11.8 Å². The van der Waals surface area contributed by atoms with Crippen LogP contribution in [0.25, 0.3) is 11.3 Å². The molecule has 3 aliphatic carbocycles. The molecule has 0 bridgehead atoms. The molecule has 0 atom stereocenters. The predicted molar refractivity (Wildman–Crippen MR) is 186 cm³/mol. The number of oxazole rings is 1. The second-order valence-electron chi connectivity index (χ2n) is 14.8. The fourth-order valence-electron chi connectivity index (χ4n) is 7.67. The van der Waals surface area contributed by atoms with Gasteiger partial charge in [0.15, 0.2) is 5.89 Å². The van der Waals surface area contributed by atoms with Crippen LogP contribution in [-0.2, 0) is 9.53 Å². The molecule has 3 aromatic heterocycles. The molecule has 7 rings (SSSR count). The summed E-state index contributed by atoms with van der Waals surface area (Å²) < 4.78 is 17.1. The Morgan fingerprint density at radius 1 is 0.939 bits per heavy atom. The van der Waals surface area contributed by atoms with Gasteiger partial charge in [-0.1, -0.05) is 0 Å². The number of anilines is 1. The highest BCUT2D eigenvalue weighted by Gasteiger charge is 2.37. The van der Waals surface area contributed by atoms with E-state index in [1.165, 1.54) is 0 Å². The molecule has 0 N–H and O–H groups in total. The largest absolute Gasteiger partial charge is 0.495 e. The van der Waals surface area contributed by atoms with Crippen molar-refractivity contribution in [3.8, 4) is 17.0 Å². The fraction of sp³-hybridized carbons (Fsp3) is 0.605. The van der Waals surface area contributed by atoms with E-state index in [2.05, 4.69) is 11.0 Å². The molecular weight excluding hydrogens is 620 g/mol. The molecule has 0 radical (unpaired) electrons. The summed E-state index contributed by atoms with van der Waals surface area (Å²) in [5.74, 6) is 3.44. The monoisotopic (exact) mass is 670 g/mol. The third kappa shape index (κ3) is 7.61. The number of nitrogens with zero attached hydrogens (tertiary/aromatic N) is 6. The molecule has 2 amide bonds. The topological polar surface area (TPSA) is 114 Å². The maximum absolute atomic E-state index is 14.4. The zero-order valence-corrected chi connectivity index (χ0v) is 29.3. The van der Waals surface area contributed by atoms with Gasteiger partial charge in [-0.2, -0.15) is 0 Å². The van der Waals surface area contributed by atoms with Crippen molar-refractivity contribution in [1.29, 1.82) is 0 Å². The number of aromatic nitrogens is 3. The first-order valence-electron chi connectivity index (χ1n) is 18.1. The Morgan fingerprint density at radius 3 is 2.35 bits per heavy atom. The smallest absolute Gasteiger partial charge is 0.410 e. The number of likely N-dealkylation sites (tertiary alicyclic amines) is 1. The van der Waals surface area contributed by atoms with Crippen molar-refractivity contribution in [2.75, 3.05) is 45.7 Å². The molecule has 4 fully saturated rings. The average Bonchev–Trinajstić information content (AvgIpc) is 3.82. The number of aryl methyl sites for hydroxylation is 1. The fourth-order valence-corrected chi connectivity index (χ4v) is 7.67. The van der Waals surface area contributed by atoms with Gasteiger partial charge in [0.2, 0.25) is 5.91 Å². The Morgan fingerprint density at radius 2 is 1.67 bits per heavy atom. The van der Waals surface area contributed by atoms with Gasteiger partial charge in [0.25, 0.3) is 0 Å². The van der Waals surface area contributed by atoms with E-state index in [9.17, 15) is 9.59 Å². The molecular formula is C38H50N6O5. The number of pyridine rings is 2. The summed E-state index contributed by atoms with van der Waals surface area (Å²) >= 11 is 0. The number of hydrogen-bond acceptors (Lipinski definition) is 9. The highest BCUT2D eigenvalue weighted by Crippen LogP contribution is 2.41. The summed E-state index contributed by atoms with van der Waals surface area (Å²) in [6.07, 6.45) is 12.2. The van der Waals surface area contributed by atoms with Crippen LogP contribution in [0.3, 0.4) is 0 Å². The minimum Gasteiger partial charge on any atom is -0.495 e. The predicted octanol–water partition coefficient (Wildman–Crippen LogP) is 6.57. The zero-order valence-electron chi connectivity index (χ0n) is 29.3. The second-order valence-corrected chi connectivity index (χ2v) is 14.8. The van der Waals surface area contributed by atoms with Crippen molar-refractivity contribution < 1.29 is 23.5 Å². The first-order valence-corrected chi connectivity index (χ1v) is 18.1. The van der Waals surface area contributed by atoms with E-state index in [4.69, 9.17) is 28.8 Å². The first-order chi connectivity index (χ1) is 23.7. The molecule has 3 aromatic rings. The highest BCUT2D eigenvalue weighted by atomic mass is 16.6. The number of amides is 2. The molecule has 49 heavy (non-hydrogen) atoms. The van der Waals surface area contributed by atoms with Gasteiger partial charge in [-0.25, -0.2) is 14.8 Å². The van der Waals surface area contributed by atoms with Crippen LogP contribution < -0.4 is 9.64 Å². The number of rotatable bonds is 10. The van der Waals surface area contributed by atoms with Gasteiger partial charge in [-0.15, -0.1) is 0 Å². The number of carbonyl (C=O) groups is 2. The number of hydrogen-bond donors (Lipinski definition) is 0. The lowest BCUT2D eigenvalue weighted by Crippen LogP contribution is -2.59. The summed E-state index contributed by atoms with van der Waals surface area (Å²) in [6, 6.07) is 8.43. The molecule has 4 heterocycles. The normalized spacial score (nSPS) is 24.4.